The van der Waals surface area contributed by atoms with Gasteiger partial charge in [-0.3, -0.25) is 0 Å². The third-order valence-electron chi connectivity index (χ3n) is 2.41. The van der Waals surface area contributed by atoms with E-state index in [-0.39, 0.29) is 0 Å². The maximum Gasteiger partial charge on any atom is 0.0194 e. The molecular weight excluding hydrogens is 172 g/mol. The number of hydrogen-bond donors (Lipinski definition) is 1. The second kappa shape index (κ2) is 8.25. The smallest absolute Gasteiger partial charge is 0.0194 e. The Bertz CT molecular complexity index is 121. The van der Waals surface area contributed by atoms with E-state index in [1.807, 2.05) is 0 Å². The maximum absolute atomic E-state index is 3.55. The Kier molecular flexibility index (Phi) is 8.20. The second-order valence-electron chi connectivity index (χ2n) is 4.84. The van der Waals surface area contributed by atoms with Crippen molar-refractivity contribution in [2.45, 2.75) is 46.1 Å². The molecule has 1 unspecified atom stereocenters. The summed E-state index contributed by atoms with van der Waals surface area (Å²) in [4.78, 5) is 2.27. The molecule has 14 heavy (non-hydrogen) atoms. The molecule has 0 spiro atoms. The first-order chi connectivity index (χ1) is 6.56. The molecule has 1 atom stereocenters. The lowest BCUT2D eigenvalue weighted by Crippen LogP contribution is -2.38. The van der Waals surface area contributed by atoms with Gasteiger partial charge in [0.05, 0.1) is 0 Å². The van der Waals surface area contributed by atoms with Gasteiger partial charge in [-0.1, -0.05) is 33.6 Å². The van der Waals surface area contributed by atoms with Crippen molar-refractivity contribution in [2.24, 2.45) is 5.92 Å². The lowest BCUT2D eigenvalue weighted by atomic mass is 10.0. The minimum absolute atomic E-state index is 0.675. The Hall–Kier alpha value is -0.0800. The maximum atomic E-state index is 3.55. The summed E-state index contributed by atoms with van der Waals surface area (Å²) in [6, 6.07) is 0.675. The molecule has 0 saturated heterocycles. The number of nitrogens with zero attached hydrogens (tertiary/aromatic N) is 1. The molecule has 2 heteroatoms. The minimum atomic E-state index is 0.675. The topological polar surface area (TPSA) is 15.3 Å². The molecular formula is C12H28N2. The van der Waals surface area contributed by atoms with Gasteiger partial charge in [-0.05, 0) is 33.0 Å². The zero-order chi connectivity index (χ0) is 11.0. The predicted molar refractivity (Wildman–Crippen MR) is 64.7 cm³/mol. The summed E-state index contributed by atoms with van der Waals surface area (Å²) in [5.74, 6) is 0.844. The van der Waals surface area contributed by atoms with Gasteiger partial charge >= 0.3 is 0 Å². The van der Waals surface area contributed by atoms with Crippen molar-refractivity contribution < 1.29 is 0 Å². The molecule has 0 bridgehead atoms. The summed E-state index contributed by atoms with van der Waals surface area (Å²) in [5, 5.41) is 3.55. The molecule has 0 radical (unpaired) electrons. The number of hydrogen-bond acceptors (Lipinski definition) is 2. The van der Waals surface area contributed by atoms with E-state index in [9.17, 15) is 0 Å². The SMILES string of the molecule is CCNC(CCCC(C)C)CN(C)C. The van der Waals surface area contributed by atoms with Crippen LogP contribution in [0.4, 0.5) is 0 Å². The van der Waals surface area contributed by atoms with Crippen molar-refractivity contribution in [3.63, 3.8) is 0 Å². The first-order valence-corrected chi connectivity index (χ1v) is 5.94. The standard InChI is InChI=1S/C12H28N2/c1-6-13-12(10-14(4)5)9-7-8-11(2)3/h11-13H,6-10H2,1-5H3. The minimum Gasteiger partial charge on any atom is -0.313 e. The summed E-state index contributed by atoms with van der Waals surface area (Å²) in [5.41, 5.74) is 0. The Morgan fingerprint density at radius 3 is 2.21 bits per heavy atom. The molecule has 0 amide bonds. The van der Waals surface area contributed by atoms with Crippen LogP contribution in [0.5, 0.6) is 0 Å². The van der Waals surface area contributed by atoms with Crippen LogP contribution in [0.25, 0.3) is 0 Å². The van der Waals surface area contributed by atoms with Gasteiger partial charge in [0.25, 0.3) is 0 Å². The molecule has 0 aliphatic heterocycles. The molecule has 0 aliphatic rings. The highest BCUT2D eigenvalue weighted by molar-refractivity contribution is 4.69. The van der Waals surface area contributed by atoms with Crippen LogP contribution >= 0.6 is 0 Å². The summed E-state index contributed by atoms with van der Waals surface area (Å²) in [6.07, 6.45) is 4.02. The van der Waals surface area contributed by atoms with Crippen LogP contribution < -0.4 is 5.32 Å². The summed E-state index contributed by atoms with van der Waals surface area (Å²) < 4.78 is 0. The Morgan fingerprint density at radius 2 is 1.79 bits per heavy atom. The Labute approximate surface area is 90.1 Å². The van der Waals surface area contributed by atoms with Gasteiger partial charge in [0.1, 0.15) is 0 Å². The van der Waals surface area contributed by atoms with Gasteiger partial charge in [-0.25, -0.2) is 0 Å². The van der Waals surface area contributed by atoms with Crippen LogP contribution in [0.1, 0.15) is 40.0 Å². The molecule has 0 heterocycles. The number of nitrogens with one attached hydrogen (secondary N) is 1. The van der Waals surface area contributed by atoms with Crippen LogP contribution in [0.15, 0.2) is 0 Å². The van der Waals surface area contributed by atoms with E-state index < -0.39 is 0 Å². The van der Waals surface area contributed by atoms with Crippen LogP contribution in [-0.4, -0.2) is 38.1 Å². The van der Waals surface area contributed by atoms with Gasteiger partial charge in [0.15, 0.2) is 0 Å². The van der Waals surface area contributed by atoms with Crippen molar-refractivity contribution in [3.8, 4) is 0 Å². The van der Waals surface area contributed by atoms with Crippen LogP contribution in [0.3, 0.4) is 0 Å². The fraction of sp³-hybridized carbons (Fsp3) is 1.00. The molecule has 0 fully saturated rings. The fourth-order valence-corrected chi connectivity index (χ4v) is 1.76. The Morgan fingerprint density at radius 1 is 1.14 bits per heavy atom. The average Bonchev–Trinajstić information content (AvgIpc) is 2.02. The third-order valence-corrected chi connectivity index (χ3v) is 2.41. The monoisotopic (exact) mass is 200 g/mol. The average molecular weight is 200 g/mol. The van der Waals surface area contributed by atoms with Crippen molar-refractivity contribution in [3.05, 3.63) is 0 Å². The normalized spacial score (nSPS) is 13.9. The van der Waals surface area contributed by atoms with E-state index in [0.717, 1.165) is 19.0 Å². The molecule has 0 aromatic carbocycles. The van der Waals surface area contributed by atoms with Gasteiger partial charge in [0, 0.05) is 12.6 Å². The lowest BCUT2D eigenvalue weighted by molar-refractivity contribution is 0.320. The van der Waals surface area contributed by atoms with Crippen LogP contribution in [0, 0.1) is 5.92 Å². The molecule has 0 rings (SSSR count). The zero-order valence-corrected chi connectivity index (χ0v) is 10.6. The molecule has 2 nitrogen and oxygen atoms in total. The van der Waals surface area contributed by atoms with Crippen molar-refractivity contribution in [1.82, 2.24) is 10.2 Å². The van der Waals surface area contributed by atoms with Crippen LogP contribution in [0.2, 0.25) is 0 Å². The molecule has 0 aliphatic carbocycles. The summed E-state index contributed by atoms with van der Waals surface area (Å²) in [6.45, 7) is 9.03. The third kappa shape index (κ3) is 8.52. The van der Waals surface area contributed by atoms with Crippen molar-refractivity contribution >= 4 is 0 Å². The fourth-order valence-electron chi connectivity index (χ4n) is 1.76. The number of rotatable bonds is 8. The second-order valence-corrected chi connectivity index (χ2v) is 4.84. The van der Waals surface area contributed by atoms with Gasteiger partial charge in [-0.15, -0.1) is 0 Å². The summed E-state index contributed by atoms with van der Waals surface area (Å²) >= 11 is 0. The zero-order valence-electron chi connectivity index (χ0n) is 10.6. The highest BCUT2D eigenvalue weighted by Crippen LogP contribution is 2.08. The van der Waals surface area contributed by atoms with Gasteiger partial charge in [0.2, 0.25) is 0 Å². The van der Waals surface area contributed by atoms with E-state index in [4.69, 9.17) is 0 Å². The highest BCUT2D eigenvalue weighted by Gasteiger charge is 2.08. The summed E-state index contributed by atoms with van der Waals surface area (Å²) in [7, 11) is 4.29. The molecule has 86 valence electrons. The molecule has 0 aromatic rings. The predicted octanol–water partition coefficient (Wildman–Crippen LogP) is 2.35. The highest BCUT2D eigenvalue weighted by atomic mass is 15.1. The van der Waals surface area contributed by atoms with Crippen molar-refractivity contribution in [2.75, 3.05) is 27.2 Å². The van der Waals surface area contributed by atoms with Crippen LogP contribution in [-0.2, 0) is 0 Å². The molecule has 0 aromatic heterocycles. The van der Waals surface area contributed by atoms with Gasteiger partial charge in [-0.2, -0.15) is 0 Å². The molecule has 0 saturated carbocycles. The van der Waals surface area contributed by atoms with E-state index in [1.54, 1.807) is 0 Å². The van der Waals surface area contributed by atoms with E-state index >= 15 is 0 Å². The van der Waals surface area contributed by atoms with E-state index in [1.165, 1.54) is 19.3 Å². The van der Waals surface area contributed by atoms with E-state index in [0.29, 0.717) is 6.04 Å². The lowest BCUT2D eigenvalue weighted by Gasteiger charge is -2.22. The largest absolute Gasteiger partial charge is 0.313 e. The van der Waals surface area contributed by atoms with Crippen molar-refractivity contribution in [1.29, 1.82) is 0 Å². The Balaban J connectivity index is 3.61. The van der Waals surface area contributed by atoms with Gasteiger partial charge < -0.3 is 10.2 Å². The quantitative estimate of drug-likeness (QED) is 0.647. The van der Waals surface area contributed by atoms with E-state index in [2.05, 4.69) is 45.1 Å². The number of likely N-dealkylation sites (N-methyl/N-ethyl adjacent to an activating group) is 2. The molecule has 1 N–H and O–H groups in total. The first kappa shape index (κ1) is 13.9. The first-order valence-electron chi connectivity index (χ1n) is 5.94.